The van der Waals surface area contributed by atoms with Crippen LogP contribution in [0.15, 0.2) is 28.1 Å². The second-order valence-electron chi connectivity index (χ2n) is 4.72. The van der Waals surface area contributed by atoms with E-state index in [-0.39, 0.29) is 5.91 Å². The summed E-state index contributed by atoms with van der Waals surface area (Å²) in [6.07, 6.45) is 0. The lowest BCUT2D eigenvalue weighted by Gasteiger charge is -2.14. The zero-order valence-corrected chi connectivity index (χ0v) is 14.7. The Morgan fingerprint density at radius 2 is 2.24 bits per heavy atom. The van der Waals surface area contributed by atoms with Gasteiger partial charge in [0.15, 0.2) is 5.13 Å². The van der Waals surface area contributed by atoms with Gasteiger partial charge in [0.2, 0.25) is 5.91 Å². The van der Waals surface area contributed by atoms with Crippen LogP contribution in [-0.2, 0) is 11.3 Å². The fourth-order valence-electron chi connectivity index (χ4n) is 1.95. The van der Waals surface area contributed by atoms with Crippen LogP contribution in [0.1, 0.15) is 25.1 Å². The summed E-state index contributed by atoms with van der Waals surface area (Å²) in [6.45, 7) is 6.84. The minimum atomic E-state index is 0.0211. The van der Waals surface area contributed by atoms with Crippen molar-refractivity contribution in [3.63, 3.8) is 0 Å². The van der Waals surface area contributed by atoms with Gasteiger partial charge in [0, 0.05) is 29.0 Å². The Morgan fingerprint density at radius 3 is 2.90 bits per heavy atom. The molecule has 0 saturated carbocycles. The summed E-state index contributed by atoms with van der Waals surface area (Å²) in [5, 5.41) is 6.10. The lowest BCUT2D eigenvalue weighted by molar-refractivity contribution is -0.116. The summed E-state index contributed by atoms with van der Waals surface area (Å²) in [5.41, 5.74) is 3.18. The van der Waals surface area contributed by atoms with E-state index in [0.717, 1.165) is 21.0 Å². The summed E-state index contributed by atoms with van der Waals surface area (Å²) in [7, 11) is 0. The second-order valence-corrected chi connectivity index (χ2v) is 6.41. The molecule has 0 saturated heterocycles. The monoisotopic (exact) mass is 367 g/mol. The quantitative estimate of drug-likeness (QED) is 0.860. The number of nitrogens with zero attached hydrogens (tertiary/aromatic N) is 2. The van der Waals surface area contributed by atoms with E-state index in [9.17, 15) is 4.79 Å². The molecule has 2 rings (SSSR count). The van der Waals surface area contributed by atoms with Gasteiger partial charge >= 0.3 is 0 Å². The van der Waals surface area contributed by atoms with Crippen LogP contribution < -0.4 is 10.2 Å². The van der Waals surface area contributed by atoms with E-state index in [1.165, 1.54) is 16.9 Å². The lowest BCUT2D eigenvalue weighted by Crippen LogP contribution is -2.27. The number of hydrogen-bond acceptors (Lipinski definition) is 4. The SMILES string of the molecule is CCN(C(C)=O)c1nc(CNc2cc(C)ccc2Br)cs1. The molecule has 0 aliphatic rings. The number of halogens is 1. The van der Waals surface area contributed by atoms with Crippen molar-refractivity contribution in [2.45, 2.75) is 27.3 Å². The van der Waals surface area contributed by atoms with Crippen LogP contribution in [-0.4, -0.2) is 17.4 Å². The normalized spacial score (nSPS) is 10.5. The molecule has 1 heterocycles. The van der Waals surface area contributed by atoms with Gasteiger partial charge in [-0.1, -0.05) is 6.07 Å². The van der Waals surface area contributed by atoms with Crippen molar-refractivity contribution in [3.8, 4) is 0 Å². The van der Waals surface area contributed by atoms with Gasteiger partial charge in [0.25, 0.3) is 0 Å². The third-order valence-electron chi connectivity index (χ3n) is 3.05. The minimum absolute atomic E-state index is 0.0211. The van der Waals surface area contributed by atoms with Crippen LogP contribution in [0.5, 0.6) is 0 Å². The molecule has 0 aliphatic heterocycles. The molecule has 0 unspecified atom stereocenters. The van der Waals surface area contributed by atoms with E-state index in [4.69, 9.17) is 0 Å². The van der Waals surface area contributed by atoms with Crippen molar-refractivity contribution < 1.29 is 4.79 Å². The molecule has 1 N–H and O–H groups in total. The number of hydrogen-bond donors (Lipinski definition) is 1. The van der Waals surface area contributed by atoms with Gasteiger partial charge < -0.3 is 5.32 Å². The first-order chi connectivity index (χ1) is 10.0. The highest BCUT2D eigenvalue weighted by molar-refractivity contribution is 9.10. The Balaban J connectivity index is 2.06. The maximum absolute atomic E-state index is 11.5. The zero-order valence-electron chi connectivity index (χ0n) is 12.3. The predicted molar refractivity (Wildman–Crippen MR) is 92.0 cm³/mol. The second kappa shape index (κ2) is 7.04. The highest BCUT2D eigenvalue weighted by Crippen LogP contribution is 2.25. The molecular formula is C15H18BrN3OS. The van der Waals surface area contributed by atoms with E-state index in [1.807, 2.05) is 18.4 Å². The molecule has 0 fully saturated rings. The number of aromatic nitrogens is 1. The van der Waals surface area contributed by atoms with Crippen LogP contribution in [0.4, 0.5) is 10.8 Å². The van der Waals surface area contributed by atoms with E-state index in [2.05, 4.69) is 45.3 Å². The van der Waals surface area contributed by atoms with Crippen LogP contribution in [0, 0.1) is 6.92 Å². The molecule has 6 heteroatoms. The van der Waals surface area contributed by atoms with E-state index in [0.29, 0.717) is 13.1 Å². The number of benzene rings is 1. The number of carbonyl (C=O) groups is 1. The Hall–Kier alpha value is -1.40. The molecule has 1 aromatic carbocycles. The number of rotatable bonds is 5. The topological polar surface area (TPSA) is 45.2 Å². The number of aryl methyl sites for hydroxylation is 1. The van der Waals surface area contributed by atoms with Gasteiger partial charge in [-0.25, -0.2) is 4.98 Å². The third kappa shape index (κ3) is 4.04. The van der Waals surface area contributed by atoms with Gasteiger partial charge in [-0.3, -0.25) is 9.69 Å². The molecule has 0 atom stereocenters. The Kier molecular flexibility index (Phi) is 5.36. The van der Waals surface area contributed by atoms with E-state index >= 15 is 0 Å². The maximum atomic E-state index is 11.5. The first-order valence-electron chi connectivity index (χ1n) is 6.73. The van der Waals surface area contributed by atoms with Gasteiger partial charge in [0.05, 0.1) is 12.2 Å². The molecule has 0 bridgehead atoms. The molecule has 112 valence electrons. The Labute approximate surface area is 137 Å². The highest BCUT2D eigenvalue weighted by atomic mass is 79.9. The largest absolute Gasteiger partial charge is 0.378 e. The average molecular weight is 368 g/mol. The van der Waals surface area contributed by atoms with Crippen LogP contribution in [0.2, 0.25) is 0 Å². The highest BCUT2D eigenvalue weighted by Gasteiger charge is 2.13. The fraction of sp³-hybridized carbons (Fsp3) is 0.333. The van der Waals surface area contributed by atoms with Crippen molar-refractivity contribution in [3.05, 3.63) is 39.3 Å². The van der Waals surface area contributed by atoms with E-state index < -0.39 is 0 Å². The standard InChI is InChI=1S/C15H18BrN3OS/c1-4-19(11(3)20)15-18-12(9-21-15)8-17-14-7-10(2)5-6-13(14)16/h5-7,9,17H,4,8H2,1-3H3. The van der Waals surface area contributed by atoms with E-state index in [1.54, 1.807) is 11.8 Å². The van der Waals surface area contributed by atoms with Gasteiger partial charge in [-0.05, 0) is 47.5 Å². The van der Waals surface area contributed by atoms with Gasteiger partial charge in [-0.15, -0.1) is 11.3 Å². The molecule has 21 heavy (non-hydrogen) atoms. The molecular weight excluding hydrogens is 350 g/mol. The van der Waals surface area contributed by atoms with Crippen LogP contribution in [0.3, 0.4) is 0 Å². The number of anilines is 2. The molecule has 2 aromatic rings. The smallest absolute Gasteiger partial charge is 0.225 e. The molecule has 0 spiro atoms. The number of nitrogens with one attached hydrogen (secondary N) is 1. The predicted octanol–water partition coefficient (Wildman–Crippen LogP) is 4.20. The summed E-state index contributed by atoms with van der Waals surface area (Å²) >= 11 is 5.02. The molecule has 1 aromatic heterocycles. The number of thiazole rings is 1. The summed E-state index contributed by atoms with van der Waals surface area (Å²) in [5.74, 6) is 0.0211. The summed E-state index contributed by atoms with van der Waals surface area (Å²) < 4.78 is 1.03. The van der Waals surface area contributed by atoms with Gasteiger partial charge in [-0.2, -0.15) is 0 Å². The molecule has 0 radical (unpaired) electrons. The average Bonchev–Trinajstić information content (AvgIpc) is 2.89. The first kappa shape index (κ1) is 16.0. The number of amides is 1. The van der Waals surface area contributed by atoms with Crippen LogP contribution in [0.25, 0.3) is 0 Å². The van der Waals surface area contributed by atoms with Gasteiger partial charge in [0.1, 0.15) is 0 Å². The first-order valence-corrected chi connectivity index (χ1v) is 8.41. The molecule has 1 amide bonds. The van der Waals surface area contributed by atoms with Crippen molar-refractivity contribution in [2.24, 2.45) is 0 Å². The number of carbonyl (C=O) groups excluding carboxylic acids is 1. The van der Waals surface area contributed by atoms with Crippen LogP contribution >= 0.6 is 27.3 Å². The molecule has 4 nitrogen and oxygen atoms in total. The third-order valence-corrected chi connectivity index (χ3v) is 4.65. The van der Waals surface area contributed by atoms with Crippen molar-refractivity contribution in [1.82, 2.24) is 4.98 Å². The lowest BCUT2D eigenvalue weighted by atomic mass is 10.2. The Bertz CT molecular complexity index is 642. The zero-order chi connectivity index (χ0) is 15.4. The minimum Gasteiger partial charge on any atom is -0.378 e. The van der Waals surface area contributed by atoms with Crippen molar-refractivity contribution in [1.29, 1.82) is 0 Å². The molecule has 0 aliphatic carbocycles. The van der Waals surface area contributed by atoms with Crippen molar-refractivity contribution >= 4 is 44.0 Å². The summed E-state index contributed by atoms with van der Waals surface area (Å²) in [4.78, 5) is 17.7. The Morgan fingerprint density at radius 1 is 1.48 bits per heavy atom. The fourth-order valence-corrected chi connectivity index (χ4v) is 3.27. The summed E-state index contributed by atoms with van der Waals surface area (Å²) in [6, 6.07) is 6.17. The van der Waals surface area contributed by atoms with Crippen molar-refractivity contribution in [2.75, 3.05) is 16.8 Å². The maximum Gasteiger partial charge on any atom is 0.225 e.